The highest BCUT2D eigenvalue weighted by Crippen LogP contribution is 2.29. The van der Waals surface area contributed by atoms with Crippen LogP contribution in [0.5, 0.6) is 0 Å². The van der Waals surface area contributed by atoms with Gasteiger partial charge in [-0.3, -0.25) is 5.43 Å². The first-order valence-electron chi connectivity index (χ1n) is 8.32. The maximum atomic E-state index is 13.2. The Morgan fingerprint density at radius 3 is 2.28 bits per heavy atom. The zero-order valence-electron chi connectivity index (χ0n) is 15.1. The van der Waals surface area contributed by atoms with Crippen molar-refractivity contribution in [1.29, 1.82) is 0 Å². The summed E-state index contributed by atoms with van der Waals surface area (Å²) < 4.78 is 57.3. The van der Waals surface area contributed by atoms with Gasteiger partial charge in [0.2, 0.25) is 0 Å². The highest BCUT2D eigenvalue weighted by molar-refractivity contribution is 5.91. The molecule has 0 bridgehead atoms. The predicted molar refractivity (Wildman–Crippen MR) is 99.7 cm³/mol. The number of anilines is 1. The van der Waals surface area contributed by atoms with E-state index in [-0.39, 0.29) is 5.69 Å². The van der Waals surface area contributed by atoms with Gasteiger partial charge in [-0.25, -0.2) is 9.18 Å². The second-order valence-corrected chi connectivity index (χ2v) is 5.89. The van der Waals surface area contributed by atoms with Gasteiger partial charge < -0.3 is 9.30 Å². The Kier molecular flexibility index (Phi) is 5.67. The van der Waals surface area contributed by atoms with E-state index in [1.54, 1.807) is 6.07 Å². The first-order valence-corrected chi connectivity index (χ1v) is 8.32. The van der Waals surface area contributed by atoms with Crippen LogP contribution < -0.4 is 5.43 Å². The monoisotopic (exact) mass is 405 g/mol. The molecule has 1 heterocycles. The van der Waals surface area contributed by atoms with Crippen molar-refractivity contribution in [3.8, 4) is 5.69 Å². The SMILES string of the molecule is COC(=O)c1ccc(/C=N/Nc2ccc(C(F)(F)F)cc2)n1-c1ccc(F)cc1. The van der Waals surface area contributed by atoms with Crippen molar-refractivity contribution < 1.29 is 27.1 Å². The number of ether oxygens (including phenoxy) is 1. The van der Waals surface area contributed by atoms with Gasteiger partial charge in [-0.1, -0.05) is 0 Å². The van der Waals surface area contributed by atoms with E-state index in [9.17, 15) is 22.4 Å². The van der Waals surface area contributed by atoms with Crippen molar-refractivity contribution in [1.82, 2.24) is 4.57 Å². The molecule has 1 aromatic heterocycles. The summed E-state index contributed by atoms with van der Waals surface area (Å²) in [5.74, 6) is -1.02. The van der Waals surface area contributed by atoms with Gasteiger partial charge in [0.25, 0.3) is 0 Å². The van der Waals surface area contributed by atoms with E-state index in [1.807, 2.05) is 0 Å². The normalized spacial score (nSPS) is 11.6. The molecular weight excluding hydrogens is 390 g/mol. The Hall–Kier alpha value is -3.62. The van der Waals surface area contributed by atoms with Crippen molar-refractivity contribution in [2.75, 3.05) is 12.5 Å². The molecule has 29 heavy (non-hydrogen) atoms. The maximum absolute atomic E-state index is 13.2. The summed E-state index contributed by atoms with van der Waals surface area (Å²) in [4.78, 5) is 12.0. The first-order chi connectivity index (χ1) is 13.8. The Bertz CT molecular complexity index is 1020. The number of carbonyl (C=O) groups excluding carboxylic acids is 1. The predicted octanol–water partition coefficient (Wildman–Crippen LogP) is 4.87. The third-order valence-electron chi connectivity index (χ3n) is 3.99. The van der Waals surface area contributed by atoms with Crippen LogP contribution in [0.3, 0.4) is 0 Å². The molecule has 3 aromatic rings. The van der Waals surface area contributed by atoms with Crippen LogP contribution in [-0.2, 0) is 10.9 Å². The minimum Gasteiger partial charge on any atom is -0.464 e. The number of nitrogens with one attached hydrogen (secondary N) is 1. The Morgan fingerprint density at radius 2 is 1.69 bits per heavy atom. The van der Waals surface area contributed by atoms with Gasteiger partial charge in [0.15, 0.2) is 0 Å². The summed E-state index contributed by atoms with van der Waals surface area (Å²) in [5.41, 5.74) is 3.39. The number of rotatable bonds is 5. The van der Waals surface area contributed by atoms with Crippen LogP contribution in [0.15, 0.2) is 65.8 Å². The van der Waals surface area contributed by atoms with Crippen LogP contribution in [0.4, 0.5) is 23.2 Å². The third kappa shape index (κ3) is 4.63. The fourth-order valence-electron chi connectivity index (χ4n) is 2.60. The quantitative estimate of drug-likeness (QED) is 0.285. The number of benzene rings is 2. The summed E-state index contributed by atoms with van der Waals surface area (Å²) in [6.07, 6.45) is -3.03. The van der Waals surface area contributed by atoms with E-state index in [0.29, 0.717) is 17.1 Å². The number of carbonyl (C=O) groups is 1. The fourth-order valence-corrected chi connectivity index (χ4v) is 2.60. The number of hydrogen-bond acceptors (Lipinski definition) is 4. The highest BCUT2D eigenvalue weighted by Gasteiger charge is 2.29. The molecule has 0 aliphatic rings. The van der Waals surface area contributed by atoms with Crippen molar-refractivity contribution in [2.45, 2.75) is 6.18 Å². The Balaban J connectivity index is 1.86. The second-order valence-electron chi connectivity index (χ2n) is 5.89. The van der Waals surface area contributed by atoms with E-state index < -0.39 is 23.5 Å². The molecule has 2 aromatic carbocycles. The average molecular weight is 405 g/mol. The lowest BCUT2D eigenvalue weighted by atomic mass is 10.2. The summed E-state index contributed by atoms with van der Waals surface area (Å²) in [6, 6.07) is 13.0. The van der Waals surface area contributed by atoms with Gasteiger partial charge in [-0.2, -0.15) is 18.3 Å². The topological polar surface area (TPSA) is 55.6 Å². The Morgan fingerprint density at radius 1 is 1.03 bits per heavy atom. The van der Waals surface area contributed by atoms with Crippen LogP contribution in [0, 0.1) is 5.82 Å². The van der Waals surface area contributed by atoms with E-state index in [0.717, 1.165) is 12.1 Å². The molecule has 150 valence electrons. The highest BCUT2D eigenvalue weighted by atomic mass is 19.4. The minimum atomic E-state index is -4.41. The van der Waals surface area contributed by atoms with Crippen LogP contribution in [0.25, 0.3) is 5.69 Å². The number of halogens is 4. The molecule has 1 N–H and O–H groups in total. The summed E-state index contributed by atoms with van der Waals surface area (Å²) in [5, 5.41) is 4.00. The van der Waals surface area contributed by atoms with E-state index in [1.165, 1.54) is 60.4 Å². The number of aromatic nitrogens is 1. The molecule has 5 nitrogen and oxygen atoms in total. The summed E-state index contributed by atoms with van der Waals surface area (Å²) >= 11 is 0. The molecule has 9 heteroatoms. The van der Waals surface area contributed by atoms with Crippen LogP contribution in [-0.4, -0.2) is 23.9 Å². The number of esters is 1. The maximum Gasteiger partial charge on any atom is 0.416 e. The van der Waals surface area contributed by atoms with Gasteiger partial charge in [0.05, 0.1) is 30.3 Å². The van der Waals surface area contributed by atoms with Crippen LogP contribution in [0.2, 0.25) is 0 Å². The lowest BCUT2D eigenvalue weighted by Crippen LogP contribution is -2.11. The lowest BCUT2D eigenvalue weighted by molar-refractivity contribution is -0.137. The zero-order valence-corrected chi connectivity index (χ0v) is 15.1. The molecule has 0 radical (unpaired) electrons. The molecule has 3 rings (SSSR count). The largest absolute Gasteiger partial charge is 0.464 e. The van der Waals surface area contributed by atoms with E-state index in [2.05, 4.69) is 10.5 Å². The Labute approximate surface area is 163 Å². The van der Waals surface area contributed by atoms with Gasteiger partial charge in [-0.05, 0) is 60.7 Å². The van der Waals surface area contributed by atoms with E-state index >= 15 is 0 Å². The fraction of sp³-hybridized carbons (Fsp3) is 0.100. The van der Waals surface area contributed by atoms with Crippen molar-refractivity contribution in [3.63, 3.8) is 0 Å². The number of hydrazone groups is 1. The van der Waals surface area contributed by atoms with Crippen molar-refractivity contribution in [3.05, 3.63) is 83.4 Å². The number of methoxy groups -OCH3 is 1. The molecule has 0 saturated heterocycles. The molecule has 0 unspecified atom stereocenters. The standard InChI is InChI=1S/C20H15F4N3O2/c1-29-19(28)18-11-10-17(27(18)16-8-4-14(21)5-9-16)12-25-26-15-6-2-13(3-7-15)20(22,23)24/h2-12,26H,1H3/b25-12+. The molecule has 0 aliphatic carbocycles. The van der Waals surface area contributed by atoms with Gasteiger partial charge >= 0.3 is 12.1 Å². The molecular formula is C20H15F4N3O2. The van der Waals surface area contributed by atoms with Crippen LogP contribution >= 0.6 is 0 Å². The zero-order chi connectivity index (χ0) is 21.0. The van der Waals surface area contributed by atoms with Gasteiger partial charge in [-0.15, -0.1) is 0 Å². The second kappa shape index (κ2) is 8.17. The van der Waals surface area contributed by atoms with E-state index in [4.69, 9.17) is 4.74 Å². The van der Waals surface area contributed by atoms with Gasteiger partial charge in [0.1, 0.15) is 11.5 Å². The van der Waals surface area contributed by atoms with Crippen molar-refractivity contribution in [2.24, 2.45) is 5.10 Å². The van der Waals surface area contributed by atoms with Crippen LogP contribution in [0.1, 0.15) is 21.7 Å². The summed E-state index contributed by atoms with van der Waals surface area (Å²) in [7, 11) is 1.24. The smallest absolute Gasteiger partial charge is 0.416 e. The molecule has 0 spiro atoms. The minimum absolute atomic E-state index is 0.204. The molecule has 0 aliphatic heterocycles. The molecule has 0 fully saturated rings. The molecule has 0 amide bonds. The van der Waals surface area contributed by atoms with Crippen molar-refractivity contribution >= 4 is 17.9 Å². The lowest BCUT2D eigenvalue weighted by Gasteiger charge is -2.10. The molecule has 0 saturated carbocycles. The number of alkyl halides is 3. The average Bonchev–Trinajstić information content (AvgIpc) is 3.11. The van der Waals surface area contributed by atoms with Gasteiger partial charge in [0, 0.05) is 5.69 Å². The number of nitrogens with zero attached hydrogens (tertiary/aromatic N) is 2. The first kappa shape index (κ1) is 20.1. The number of hydrogen-bond donors (Lipinski definition) is 1. The third-order valence-corrected chi connectivity index (χ3v) is 3.99. The molecule has 0 atom stereocenters. The summed E-state index contributed by atoms with van der Waals surface area (Å²) in [6.45, 7) is 0.